The fraction of sp³-hybridized carbons (Fsp3) is 1.00. The van der Waals surface area contributed by atoms with E-state index < -0.39 is 18.8 Å². The highest BCUT2D eigenvalue weighted by atomic mass is 35.7. The Morgan fingerprint density at radius 3 is 1.11 bits per heavy atom. The lowest BCUT2D eigenvalue weighted by atomic mass is 11.6. The van der Waals surface area contributed by atoms with Crippen molar-refractivity contribution in [3.05, 3.63) is 0 Å². The van der Waals surface area contributed by atoms with Crippen molar-refractivity contribution in [2.45, 2.75) is 12.1 Å². The quantitative estimate of drug-likeness (QED) is 0.365. The Hall–Kier alpha value is 0.517. The largest absolute Gasteiger partial charge is 0.392 e. The normalized spacial score (nSPS) is 13.3. The first-order chi connectivity index (χ1) is 3.89. The number of halogens is 6. The first-order valence-corrected chi connectivity index (χ1v) is 6.01. The van der Waals surface area contributed by atoms with Crippen LogP contribution in [-0.2, 0) is 0 Å². The van der Waals surface area contributed by atoms with Gasteiger partial charge >= 0.3 is 6.69 Å². The van der Waals surface area contributed by atoms with Crippen LogP contribution in [0.2, 0.25) is 0 Å². The minimum absolute atomic E-state index is 3.29. The molecule has 0 amide bonds. The Kier molecular flexibility index (Phi) is 3.25. The Morgan fingerprint density at radius 2 is 1.11 bits per heavy atom. The molecule has 0 saturated heterocycles. The average Bonchev–Trinajstić information content (AvgIpc) is 1.65. The second kappa shape index (κ2) is 3.07. The lowest BCUT2D eigenvalue weighted by Gasteiger charge is -2.12. The summed E-state index contributed by atoms with van der Waals surface area (Å²) in [5.74, 6) is 0. The monoisotopic (exact) mass is 200 g/mol. The van der Waals surface area contributed by atoms with E-state index in [4.69, 9.17) is 0 Å². The van der Waals surface area contributed by atoms with Gasteiger partial charge in [0.2, 0.25) is 0 Å². The van der Waals surface area contributed by atoms with Gasteiger partial charge in [0.05, 0.1) is 0 Å². The molecule has 0 bridgehead atoms. The molecule has 0 aliphatic carbocycles. The topological polar surface area (TPSA) is 0 Å². The van der Waals surface area contributed by atoms with Crippen LogP contribution in [0.1, 0.15) is 0 Å². The van der Waals surface area contributed by atoms with Gasteiger partial charge in [-0.1, -0.05) is 0 Å². The van der Waals surface area contributed by atoms with Crippen molar-refractivity contribution >= 4 is 28.9 Å². The maximum atomic E-state index is 11.4. The van der Waals surface area contributed by atoms with E-state index in [2.05, 4.69) is 22.2 Å². The zero-order chi connectivity index (χ0) is 7.65. The molecule has 0 unspecified atom stereocenters. The van der Waals surface area contributed by atoms with Crippen molar-refractivity contribution < 1.29 is 17.6 Å². The van der Waals surface area contributed by atoms with Crippen LogP contribution in [-0.4, -0.2) is 18.8 Å². The highest BCUT2D eigenvalue weighted by Crippen LogP contribution is 2.29. The van der Waals surface area contributed by atoms with Gasteiger partial charge in [0.15, 0.2) is 0 Å². The molecule has 56 valence electrons. The molecular formula is C2H2Cl2F4Si. The van der Waals surface area contributed by atoms with Crippen LogP contribution in [0.4, 0.5) is 17.6 Å². The Balaban J connectivity index is 4.01. The molecule has 9 heavy (non-hydrogen) atoms. The van der Waals surface area contributed by atoms with E-state index in [1.165, 1.54) is 0 Å². The predicted octanol–water partition coefficient (Wildman–Crippen LogP) is 2.51. The SMILES string of the molecule is FC(F)[Si](Cl)(Cl)C(F)F. The van der Waals surface area contributed by atoms with Gasteiger partial charge in [-0.3, -0.25) is 0 Å². The van der Waals surface area contributed by atoms with E-state index >= 15 is 0 Å². The van der Waals surface area contributed by atoms with Gasteiger partial charge in [0, 0.05) is 0 Å². The molecular weight excluding hydrogens is 199 g/mol. The molecule has 0 spiro atoms. The van der Waals surface area contributed by atoms with Crippen molar-refractivity contribution in [2.75, 3.05) is 0 Å². The summed E-state index contributed by atoms with van der Waals surface area (Å²) < 4.78 is 45.5. The van der Waals surface area contributed by atoms with E-state index in [9.17, 15) is 17.6 Å². The summed E-state index contributed by atoms with van der Waals surface area (Å²) >= 11 is 9.22. The fourth-order valence-electron chi connectivity index (χ4n) is 0.0952. The summed E-state index contributed by atoms with van der Waals surface area (Å²) in [6, 6.07) is -6.58. The van der Waals surface area contributed by atoms with E-state index in [-0.39, 0.29) is 0 Å². The van der Waals surface area contributed by atoms with Gasteiger partial charge < -0.3 is 0 Å². The molecule has 0 aromatic rings. The third kappa shape index (κ3) is 2.31. The first kappa shape index (κ1) is 9.52. The van der Waals surface area contributed by atoms with Crippen LogP contribution >= 0.6 is 22.2 Å². The third-order valence-corrected chi connectivity index (χ3v) is 3.73. The average molecular weight is 201 g/mol. The van der Waals surface area contributed by atoms with Gasteiger partial charge in [-0.15, -0.1) is 22.2 Å². The maximum absolute atomic E-state index is 11.4. The Labute approximate surface area is 59.2 Å². The number of rotatable bonds is 2. The van der Waals surface area contributed by atoms with Crippen LogP contribution in [0.3, 0.4) is 0 Å². The van der Waals surface area contributed by atoms with Gasteiger partial charge in [0.25, 0.3) is 12.1 Å². The van der Waals surface area contributed by atoms with E-state index in [1.54, 1.807) is 0 Å². The number of hydrogen-bond donors (Lipinski definition) is 0. The fourth-order valence-corrected chi connectivity index (χ4v) is 0.286. The molecule has 0 radical (unpaired) electrons. The van der Waals surface area contributed by atoms with Crippen LogP contribution in [0.25, 0.3) is 0 Å². The molecule has 0 aromatic carbocycles. The highest BCUT2D eigenvalue weighted by molar-refractivity contribution is 7.46. The van der Waals surface area contributed by atoms with Crippen molar-refractivity contribution in [2.24, 2.45) is 0 Å². The second-order valence-corrected chi connectivity index (χ2v) is 7.83. The molecule has 0 heterocycles. The van der Waals surface area contributed by atoms with Gasteiger partial charge in [-0.05, 0) is 0 Å². The molecule has 0 aliphatic rings. The lowest BCUT2D eigenvalue weighted by molar-refractivity contribution is 0.185. The second-order valence-electron chi connectivity index (χ2n) is 1.28. The molecule has 0 saturated carbocycles. The molecule has 0 rings (SSSR count). The van der Waals surface area contributed by atoms with E-state index in [1.807, 2.05) is 0 Å². The highest BCUT2D eigenvalue weighted by Gasteiger charge is 2.50. The van der Waals surface area contributed by atoms with Crippen molar-refractivity contribution in [3.8, 4) is 0 Å². The molecule has 7 heteroatoms. The first-order valence-electron chi connectivity index (χ1n) is 1.83. The zero-order valence-corrected chi connectivity index (χ0v) is 6.43. The van der Waals surface area contributed by atoms with Gasteiger partial charge in [0.1, 0.15) is 0 Å². The van der Waals surface area contributed by atoms with E-state index in [0.717, 1.165) is 0 Å². The third-order valence-electron chi connectivity index (χ3n) is 0.582. The smallest absolute Gasteiger partial charge is 0.212 e. The zero-order valence-electron chi connectivity index (χ0n) is 3.92. The molecule has 0 atom stereocenters. The van der Waals surface area contributed by atoms with Crippen molar-refractivity contribution in [1.82, 2.24) is 0 Å². The summed E-state index contributed by atoms with van der Waals surface area (Å²) in [6.45, 7) is -4.58. The minimum atomic E-state index is -4.58. The van der Waals surface area contributed by atoms with Crippen molar-refractivity contribution in [1.29, 1.82) is 0 Å². The standard InChI is InChI=1S/C2H2Cl2F4Si/c3-9(4,1(5)6)2(7)8/h1-2H. The lowest BCUT2D eigenvalue weighted by Crippen LogP contribution is -2.39. The molecule has 0 aliphatic heterocycles. The Morgan fingerprint density at radius 1 is 0.889 bits per heavy atom. The van der Waals surface area contributed by atoms with Crippen LogP contribution in [0, 0.1) is 0 Å². The summed E-state index contributed by atoms with van der Waals surface area (Å²) in [5.41, 5.74) is 0. The summed E-state index contributed by atoms with van der Waals surface area (Å²) in [5, 5.41) is 0. The number of hydrogen-bond acceptors (Lipinski definition) is 0. The predicted molar refractivity (Wildman–Crippen MR) is 29.5 cm³/mol. The number of alkyl halides is 4. The van der Waals surface area contributed by atoms with Crippen LogP contribution < -0.4 is 0 Å². The van der Waals surface area contributed by atoms with Crippen LogP contribution in [0.15, 0.2) is 0 Å². The van der Waals surface area contributed by atoms with Crippen molar-refractivity contribution in [3.63, 3.8) is 0 Å². The summed E-state index contributed by atoms with van der Waals surface area (Å²) in [4.78, 5) is 0. The molecule has 0 nitrogen and oxygen atoms in total. The summed E-state index contributed by atoms with van der Waals surface area (Å²) in [6.07, 6.45) is 0. The maximum Gasteiger partial charge on any atom is 0.392 e. The van der Waals surface area contributed by atoms with Gasteiger partial charge in [-0.2, -0.15) is 0 Å². The Bertz CT molecular complexity index is 84.6. The summed E-state index contributed by atoms with van der Waals surface area (Å²) in [7, 11) is 0. The molecule has 0 fully saturated rings. The minimum Gasteiger partial charge on any atom is -0.212 e. The van der Waals surface area contributed by atoms with E-state index in [0.29, 0.717) is 0 Å². The molecule has 0 aromatic heterocycles. The van der Waals surface area contributed by atoms with Gasteiger partial charge in [-0.25, -0.2) is 17.6 Å². The molecule has 0 N–H and O–H groups in total. The van der Waals surface area contributed by atoms with Crippen LogP contribution in [0.5, 0.6) is 0 Å².